The molecule has 6 heteroatoms. The lowest BCUT2D eigenvalue weighted by atomic mass is 9.76. The molecule has 2 heterocycles. The molecule has 1 aliphatic heterocycles. The Labute approximate surface area is 167 Å². The van der Waals surface area contributed by atoms with Crippen LogP contribution in [0.4, 0.5) is 4.79 Å². The number of amides is 3. The second-order valence-electron chi connectivity index (χ2n) is 7.83. The van der Waals surface area contributed by atoms with Crippen molar-refractivity contribution in [1.82, 2.24) is 10.2 Å². The van der Waals surface area contributed by atoms with Gasteiger partial charge in [-0.1, -0.05) is 36.4 Å². The highest BCUT2D eigenvalue weighted by Crippen LogP contribution is 2.40. The van der Waals surface area contributed by atoms with Crippen LogP contribution in [0.2, 0.25) is 0 Å². The summed E-state index contributed by atoms with van der Waals surface area (Å²) in [6.45, 7) is 1.94. The van der Waals surface area contributed by atoms with Crippen molar-refractivity contribution in [2.24, 2.45) is 0 Å². The van der Waals surface area contributed by atoms with E-state index in [9.17, 15) is 14.4 Å². The molecule has 1 fully saturated rings. The molecule has 1 aliphatic carbocycles. The Morgan fingerprint density at radius 3 is 2.79 bits per heavy atom. The van der Waals surface area contributed by atoms with E-state index in [4.69, 9.17) is 4.42 Å². The maximum Gasteiger partial charge on any atom is 0.336 e. The molecule has 146 valence electrons. The first-order valence-corrected chi connectivity index (χ1v) is 9.74. The Bertz CT molecular complexity index is 1230. The molecule has 0 saturated carbocycles. The molecule has 6 nitrogen and oxygen atoms in total. The Balaban J connectivity index is 1.56. The number of urea groups is 1. The van der Waals surface area contributed by atoms with Crippen molar-refractivity contribution in [1.29, 1.82) is 0 Å². The molecule has 0 bridgehead atoms. The van der Waals surface area contributed by atoms with E-state index in [0.29, 0.717) is 17.6 Å². The predicted octanol–water partition coefficient (Wildman–Crippen LogP) is 3.39. The average molecular weight is 388 g/mol. The van der Waals surface area contributed by atoms with Gasteiger partial charge in [-0.15, -0.1) is 0 Å². The van der Waals surface area contributed by atoms with Crippen LogP contribution in [0.25, 0.3) is 11.0 Å². The van der Waals surface area contributed by atoms with E-state index in [1.54, 1.807) is 6.07 Å². The summed E-state index contributed by atoms with van der Waals surface area (Å²) >= 11 is 0. The largest absolute Gasteiger partial charge is 0.423 e. The summed E-state index contributed by atoms with van der Waals surface area (Å²) in [6.07, 6.45) is 2.29. The van der Waals surface area contributed by atoms with E-state index in [1.165, 1.54) is 11.0 Å². The highest BCUT2D eigenvalue weighted by molar-refractivity contribution is 6.08. The van der Waals surface area contributed by atoms with Crippen LogP contribution in [0.5, 0.6) is 0 Å². The molecule has 5 rings (SSSR count). The van der Waals surface area contributed by atoms with Gasteiger partial charge in [-0.2, -0.15) is 0 Å². The third kappa shape index (κ3) is 2.67. The van der Waals surface area contributed by atoms with Gasteiger partial charge in [-0.25, -0.2) is 9.59 Å². The van der Waals surface area contributed by atoms with Gasteiger partial charge < -0.3 is 9.73 Å². The van der Waals surface area contributed by atoms with E-state index >= 15 is 0 Å². The number of nitrogens with one attached hydrogen (secondary N) is 1. The number of benzene rings is 2. The number of hydrogen-bond donors (Lipinski definition) is 1. The first kappa shape index (κ1) is 17.7. The molecule has 1 aromatic heterocycles. The van der Waals surface area contributed by atoms with Crippen LogP contribution in [0, 0.1) is 6.92 Å². The van der Waals surface area contributed by atoms with Crippen LogP contribution >= 0.6 is 0 Å². The van der Waals surface area contributed by atoms with E-state index in [-0.39, 0.29) is 12.5 Å². The van der Waals surface area contributed by atoms with E-state index in [1.807, 2.05) is 43.3 Å². The number of hydrogen-bond acceptors (Lipinski definition) is 4. The lowest BCUT2D eigenvalue weighted by Crippen LogP contribution is -2.46. The molecule has 2 aliphatic rings. The highest BCUT2D eigenvalue weighted by atomic mass is 16.4. The number of rotatable bonds is 2. The molecule has 1 N–H and O–H groups in total. The molecular weight excluding hydrogens is 368 g/mol. The quantitative estimate of drug-likeness (QED) is 0.539. The lowest BCUT2D eigenvalue weighted by molar-refractivity contribution is -0.132. The van der Waals surface area contributed by atoms with Crippen LogP contribution in [0.15, 0.2) is 57.7 Å². The zero-order valence-electron chi connectivity index (χ0n) is 16.0. The number of carbonyl (C=O) groups excluding carboxylic acids is 2. The molecular formula is C23H20N2O4. The fourth-order valence-electron chi connectivity index (χ4n) is 4.59. The summed E-state index contributed by atoms with van der Waals surface area (Å²) in [6, 6.07) is 14.3. The van der Waals surface area contributed by atoms with Crippen molar-refractivity contribution in [3.63, 3.8) is 0 Å². The van der Waals surface area contributed by atoms with Gasteiger partial charge in [0.05, 0.1) is 6.54 Å². The first-order chi connectivity index (χ1) is 14.0. The molecule has 1 saturated heterocycles. The summed E-state index contributed by atoms with van der Waals surface area (Å²) in [5.74, 6) is -0.261. The standard InChI is InChI=1S/C23H20N2O4/c1-14-8-9-17-16(12-20(26)29-19(17)11-14)13-25-21(27)23(24-22(25)28)10-4-6-15-5-2-3-7-18(15)23/h2-3,5,7-9,11-12H,4,6,10,13H2,1H3,(H,24,28)/t23-/m0/s1. The van der Waals surface area contributed by atoms with Gasteiger partial charge in [-0.05, 0) is 54.5 Å². The molecule has 29 heavy (non-hydrogen) atoms. The zero-order chi connectivity index (χ0) is 20.2. The van der Waals surface area contributed by atoms with Crippen molar-refractivity contribution in [2.45, 2.75) is 38.3 Å². The fraction of sp³-hybridized carbons (Fsp3) is 0.261. The van der Waals surface area contributed by atoms with Gasteiger partial charge in [0.25, 0.3) is 5.91 Å². The first-order valence-electron chi connectivity index (χ1n) is 9.74. The van der Waals surface area contributed by atoms with Crippen molar-refractivity contribution in [3.05, 3.63) is 81.2 Å². The summed E-state index contributed by atoms with van der Waals surface area (Å²) in [5.41, 5.74) is 2.47. The maximum absolute atomic E-state index is 13.5. The highest BCUT2D eigenvalue weighted by Gasteiger charge is 2.53. The van der Waals surface area contributed by atoms with Crippen LogP contribution in [0.1, 0.15) is 35.1 Å². The smallest absolute Gasteiger partial charge is 0.336 e. The van der Waals surface area contributed by atoms with Gasteiger partial charge in [0.2, 0.25) is 0 Å². The van der Waals surface area contributed by atoms with Crippen molar-refractivity contribution in [2.75, 3.05) is 0 Å². The monoisotopic (exact) mass is 388 g/mol. The number of imide groups is 1. The normalized spacial score (nSPS) is 20.9. The van der Waals surface area contributed by atoms with E-state index in [0.717, 1.165) is 34.9 Å². The van der Waals surface area contributed by atoms with Crippen LogP contribution in [-0.4, -0.2) is 16.8 Å². The van der Waals surface area contributed by atoms with Gasteiger partial charge in [-0.3, -0.25) is 9.69 Å². The average Bonchev–Trinajstić information content (AvgIpc) is 2.92. The number of nitrogens with zero attached hydrogens (tertiary/aromatic N) is 1. The second-order valence-corrected chi connectivity index (χ2v) is 7.83. The Morgan fingerprint density at radius 2 is 1.93 bits per heavy atom. The minimum absolute atomic E-state index is 0.0275. The molecule has 0 radical (unpaired) electrons. The van der Waals surface area contributed by atoms with Gasteiger partial charge in [0.1, 0.15) is 11.1 Å². The van der Waals surface area contributed by atoms with Gasteiger partial charge >= 0.3 is 11.7 Å². The molecule has 2 aromatic carbocycles. The third-order valence-corrected chi connectivity index (χ3v) is 5.96. The van der Waals surface area contributed by atoms with Crippen molar-refractivity contribution < 1.29 is 14.0 Å². The summed E-state index contributed by atoms with van der Waals surface area (Å²) in [7, 11) is 0. The number of aryl methyl sites for hydroxylation is 2. The lowest BCUT2D eigenvalue weighted by Gasteiger charge is -2.33. The number of carbonyl (C=O) groups is 2. The topological polar surface area (TPSA) is 79.6 Å². The predicted molar refractivity (Wildman–Crippen MR) is 107 cm³/mol. The van der Waals surface area contributed by atoms with E-state index in [2.05, 4.69) is 5.32 Å². The maximum atomic E-state index is 13.5. The molecule has 0 unspecified atom stereocenters. The molecule has 3 aromatic rings. The Morgan fingerprint density at radius 1 is 1.10 bits per heavy atom. The van der Waals surface area contributed by atoms with E-state index < -0.39 is 17.2 Å². The zero-order valence-corrected chi connectivity index (χ0v) is 16.0. The minimum atomic E-state index is -1.02. The van der Waals surface area contributed by atoms with Gasteiger partial charge in [0.15, 0.2) is 0 Å². The van der Waals surface area contributed by atoms with Gasteiger partial charge in [0, 0.05) is 11.5 Å². The van der Waals surface area contributed by atoms with Crippen LogP contribution in [-0.2, 0) is 23.3 Å². The number of fused-ring (bicyclic) bond motifs is 3. The van der Waals surface area contributed by atoms with Crippen molar-refractivity contribution >= 4 is 22.9 Å². The van der Waals surface area contributed by atoms with Crippen molar-refractivity contribution in [3.8, 4) is 0 Å². The second kappa shape index (κ2) is 6.30. The SMILES string of the molecule is Cc1ccc2c(CN3C(=O)N[C@]4(CCCc5ccccc54)C3=O)cc(=O)oc2c1. The van der Waals surface area contributed by atoms with Crippen LogP contribution < -0.4 is 10.9 Å². The summed E-state index contributed by atoms with van der Waals surface area (Å²) in [5, 5.41) is 3.68. The molecule has 1 atom stereocenters. The summed E-state index contributed by atoms with van der Waals surface area (Å²) in [4.78, 5) is 39.6. The fourth-order valence-corrected chi connectivity index (χ4v) is 4.59. The summed E-state index contributed by atoms with van der Waals surface area (Å²) < 4.78 is 5.30. The van der Waals surface area contributed by atoms with Crippen LogP contribution in [0.3, 0.4) is 0 Å². The molecule has 3 amide bonds. The molecule has 1 spiro atoms. The third-order valence-electron chi connectivity index (χ3n) is 5.96. The Kier molecular flexibility index (Phi) is 3.84. The minimum Gasteiger partial charge on any atom is -0.423 e. The Hall–Kier alpha value is -3.41.